The van der Waals surface area contributed by atoms with Crippen LogP contribution in [0.15, 0.2) is 107 Å². The second kappa shape index (κ2) is 39.4. The first-order valence-corrected chi connectivity index (χ1v) is 43.6. The summed E-state index contributed by atoms with van der Waals surface area (Å²) in [7, 11) is 0. The number of nitrogen functional groups attached to an aromatic ring is 3. The predicted octanol–water partition coefficient (Wildman–Crippen LogP) is 17.7. The van der Waals surface area contributed by atoms with Gasteiger partial charge in [0.25, 0.3) is 16.7 Å². The van der Waals surface area contributed by atoms with E-state index < -0.39 is 124 Å². The fraction of sp³-hybridized carbons (Fsp3) is 0.258. The van der Waals surface area contributed by atoms with Crippen molar-refractivity contribution in [2.75, 3.05) is 110 Å². The van der Waals surface area contributed by atoms with Crippen LogP contribution in [0.25, 0.3) is 83.9 Å². The average molecular weight is 1970 g/mol. The SMILES string of the molecule is C=CC(=O)N1CCN(c2c(C#N)c(=O)n(-c3c(C)ccnc3C(C)C)c3nc(-c4c(N)c(F)c(F)c(Cl)c4F)c(Cl)cc23)CC1.C=CC(=O)N1CCN(c2c(C#N)c(=O)n(-c3c(C)ccnc3C(C)C)c3nc(-c4c(N)c(F)c(F)c(F)c4Cl)c(Cl)cc23)CC1.C=CC(=O)N1CCN(c2c(C#N)c(=O)n(-c3c(C)ccnc3C(C)C)c3nc(-c4c(N)c(F)c(F)c(F)c4Cl)c(Cl)cc23)CC1. The zero-order valence-corrected chi connectivity index (χ0v) is 77.7. The Labute approximate surface area is 794 Å². The van der Waals surface area contributed by atoms with E-state index in [1.807, 2.05) is 59.8 Å². The van der Waals surface area contributed by atoms with Gasteiger partial charge in [-0.2, -0.15) is 15.8 Å². The number of nitrogens with two attached hydrogens (primary N) is 3. The first kappa shape index (κ1) is 98.7. The Morgan fingerprint density at radius 2 is 0.622 bits per heavy atom. The van der Waals surface area contributed by atoms with Crippen LogP contribution in [0.1, 0.15) is 110 Å². The van der Waals surface area contributed by atoms with E-state index >= 15 is 4.39 Å². The summed E-state index contributed by atoms with van der Waals surface area (Å²) in [6.07, 6.45) is 8.38. The lowest BCUT2D eigenvalue weighted by molar-refractivity contribution is -0.127. The van der Waals surface area contributed by atoms with Gasteiger partial charge in [-0.3, -0.25) is 57.4 Å². The number of carbonyl (C=O) groups is 3. The maximum atomic E-state index is 15.4. The zero-order chi connectivity index (χ0) is 98.7. The molecule has 0 saturated carbocycles. The summed E-state index contributed by atoms with van der Waals surface area (Å²) in [4.78, 5) is 117. The van der Waals surface area contributed by atoms with Gasteiger partial charge in [-0.1, -0.05) is 131 Å². The number of carbonyl (C=O) groups excluding carboxylic acids is 3. The summed E-state index contributed by atoms with van der Waals surface area (Å²) < 4.78 is 135. The fourth-order valence-electron chi connectivity index (χ4n) is 16.6. The van der Waals surface area contributed by atoms with Crippen molar-refractivity contribution in [1.29, 1.82) is 15.8 Å². The van der Waals surface area contributed by atoms with Crippen LogP contribution in [-0.2, 0) is 14.4 Å². The normalized spacial score (nSPS) is 13.4. The molecule has 0 radical (unpaired) electrons. The highest BCUT2D eigenvalue weighted by Gasteiger charge is 2.38. The third-order valence-electron chi connectivity index (χ3n) is 23.2. The highest BCUT2D eigenvalue weighted by atomic mass is 35.5. The highest BCUT2D eigenvalue weighted by Crippen LogP contribution is 2.49. The summed E-state index contributed by atoms with van der Waals surface area (Å²) in [5.41, 5.74) is 14.2. The molecular weight excluding hydrogens is 1890 g/mol. The van der Waals surface area contributed by atoms with Crippen molar-refractivity contribution in [1.82, 2.24) is 58.3 Å². The van der Waals surface area contributed by atoms with E-state index in [2.05, 4.69) is 49.6 Å². The van der Waals surface area contributed by atoms with Crippen LogP contribution in [-0.4, -0.2) is 155 Å². The van der Waals surface area contributed by atoms with Crippen LogP contribution in [0.3, 0.4) is 0 Å². The van der Waals surface area contributed by atoms with Crippen molar-refractivity contribution < 1.29 is 53.9 Å². The molecule has 0 unspecified atom stereocenters. The molecule has 696 valence electrons. The van der Waals surface area contributed by atoms with Gasteiger partial charge in [0.05, 0.1) is 116 Å². The van der Waals surface area contributed by atoms with Crippen molar-refractivity contribution in [2.24, 2.45) is 0 Å². The van der Waals surface area contributed by atoms with Gasteiger partial charge in [-0.05, 0) is 110 Å². The van der Waals surface area contributed by atoms with E-state index in [0.717, 1.165) is 0 Å². The van der Waals surface area contributed by atoms with Crippen molar-refractivity contribution >= 4 is 155 Å². The number of amides is 3. The molecule has 42 heteroatoms. The van der Waals surface area contributed by atoms with Crippen LogP contribution in [0.4, 0.5) is 73.6 Å². The van der Waals surface area contributed by atoms with E-state index in [0.29, 0.717) is 50.8 Å². The Balaban J connectivity index is 0.000000171. The van der Waals surface area contributed by atoms with Gasteiger partial charge in [-0.15, -0.1) is 0 Å². The predicted molar refractivity (Wildman–Crippen MR) is 502 cm³/mol. The zero-order valence-electron chi connectivity index (χ0n) is 73.2. The largest absolute Gasteiger partial charge is 0.396 e. The molecule has 12 heterocycles. The Morgan fingerprint density at radius 3 is 0.874 bits per heavy atom. The Kier molecular flexibility index (Phi) is 28.8. The molecule has 3 amide bonds. The standard InChI is InChI=1S/3C31H26Cl2F3N7O2/c1-5-19(44)41-8-10-42(11-9-41)29-16-12-18(32)27(20-22(34)21(33)23(35)24(36)25(20)38)40-30(16)43(31(45)17(29)13-37)28-15(4)6-7-39-26(28)14(2)3;2*1-5-19(44)41-8-10-42(11-9-41)29-16-12-18(32)27(20-21(33)22(34)23(35)24(36)25(20)38)40-30(16)43(31(45)17(29)13-37)28-15(4)6-7-39-26(28)14(2)3/h3*5-7,12,14H,1,8-11,38H2,2-4H3. The average Bonchev–Trinajstić information content (AvgIpc) is 0.728. The van der Waals surface area contributed by atoms with Crippen LogP contribution in [0.2, 0.25) is 30.1 Å². The first-order chi connectivity index (χ1) is 64.0. The van der Waals surface area contributed by atoms with Crippen LogP contribution in [0.5, 0.6) is 0 Å². The maximum Gasteiger partial charge on any atom is 0.276 e. The minimum absolute atomic E-state index is 0.0448. The van der Waals surface area contributed by atoms with Gasteiger partial charge in [0.1, 0.15) is 56.9 Å². The molecule has 3 fully saturated rings. The summed E-state index contributed by atoms with van der Waals surface area (Å²) in [5.74, 6) is -16.5. The van der Waals surface area contributed by atoms with E-state index in [1.54, 1.807) is 87.0 Å². The monoisotopic (exact) mass is 1970 g/mol. The topological polar surface area (TPSA) is 363 Å². The Morgan fingerprint density at radius 1 is 0.378 bits per heavy atom. The third-order valence-corrected chi connectivity index (χ3v) is 25.1. The Hall–Kier alpha value is -13.8. The molecule has 3 saturated heterocycles. The molecule has 0 bridgehead atoms. The lowest BCUT2D eigenvalue weighted by Crippen LogP contribution is -2.49. The summed E-state index contributed by atoms with van der Waals surface area (Å²) >= 11 is 38.1. The van der Waals surface area contributed by atoms with E-state index in [1.165, 1.54) is 50.1 Å². The second-order valence-electron chi connectivity index (χ2n) is 32.2. The molecule has 0 aliphatic carbocycles. The number of aryl methyl sites for hydroxylation is 3. The lowest BCUT2D eigenvalue weighted by atomic mass is 10.0. The molecule has 0 spiro atoms. The Bertz CT molecular complexity index is 6650. The van der Waals surface area contributed by atoms with Gasteiger partial charge >= 0.3 is 0 Å². The van der Waals surface area contributed by atoms with Gasteiger partial charge in [0.2, 0.25) is 17.7 Å². The van der Waals surface area contributed by atoms with Gasteiger partial charge < -0.3 is 46.6 Å². The number of benzene rings is 3. The first-order valence-electron chi connectivity index (χ1n) is 41.3. The smallest absolute Gasteiger partial charge is 0.276 e. The second-order valence-corrected chi connectivity index (χ2v) is 34.6. The fourth-order valence-corrected chi connectivity index (χ4v) is 18.0. The molecule has 3 aromatic carbocycles. The molecule has 27 nitrogen and oxygen atoms in total. The number of fused-ring (bicyclic) bond motifs is 3. The van der Waals surface area contributed by atoms with Gasteiger partial charge in [0, 0.05) is 124 Å². The lowest BCUT2D eigenvalue weighted by Gasteiger charge is -2.36. The van der Waals surface area contributed by atoms with Crippen molar-refractivity contribution in [3.63, 3.8) is 0 Å². The number of nitrogens with zero attached hydrogens (tertiary/aromatic N) is 18. The number of halogens is 15. The van der Waals surface area contributed by atoms with E-state index in [9.17, 15) is 79.7 Å². The number of aromatic nitrogens is 9. The summed E-state index contributed by atoms with van der Waals surface area (Å²) in [5, 5.41) is 28.3. The van der Waals surface area contributed by atoms with Crippen LogP contribution in [0, 0.1) is 107 Å². The molecule has 0 atom stereocenters. The molecule has 135 heavy (non-hydrogen) atoms. The maximum absolute atomic E-state index is 15.4. The number of piperazine rings is 3. The van der Waals surface area contributed by atoms with Gasteiger partial charge in [-0.25, -0.2) is 54.5 Å². The van der Waals surface area contributed by atoms with Gasteiger partial charge in [0.15, 0.2) is 52.4 Å². The summed E-state index contributed by atoms with van der Waals surface area (Å²) in [6.45, 7) is 30.2. The molecule has 3 aliphatic heterocycles. The molecule has 15 rings (SSSR count). The minimum Gasteiger partial charge on any atom is -0.396 e. The number of hydrogen-bond donors (Lipinski definition) is 3. The number of rotatable bonds is 15. The number of anilines is 6. The van der Waals surface area contributed by atoms with Crippen molar-refractivity contribution in [3.8, 4) is 69.0 Å². The molecule has 3 aliphatic rings. The molecule has 9 aromatic heterocycles. The number of pyridine rings is 9. The van der Waals surface area contributed by atoms with Crippen molar-refractivity contribution in [2.45, 2.75) is 80.1 Å². The van der Waals surface area contributed by atoms with E-state index in [-0.39, 0.29) is 207 Å². The molecule has 6 N–H and O–H groups in total. The van der Waals surface area contributed by atoms with Crippen LogP contribution < -0.4 is 48.6 Å². The third kappa shape index (κ3) is 17.5. The quantitative estimate of drug-likeness (QED) is 0.0282. The minimum atomic E-state index is -1.86. The van der Waals surface area contributed by atoms with Crippen LogP contribution >= 0.6 is 69.6 Å². The summed E-state index contributed by atoms with van der Waals surface area (Å²) in [6, 6.07) is 15.3. The molecular formula is C93H78Cl6F9N21O6. The van der Waals surface area contributed by atoms with E-state index in [4.69, 9.17) is 86.8 Å². The van der Waals surface area contributed by atoms with Crippen molar-refractivity contribution in [3.05, 3.63) is 257 Å². The highest BCUT2D eigenvalue weighted by molar-refractivity contribution is 6.39. The number of nitriles is 3. The number of hydrogen-bond acceptors (Lipinski definition) is 21. The molecule has 12 aromatic rings.